The predicted molar refractivity (Wildman–Crippen MR) is 76.5 cm³/mol. The molecule has 0 atom stereocenters. The van der Waals surface area contributed by atoms with E-state index in [0.717, 1.165) is 36.9 Å². The summed E-state index contributed by atoms with van der Waals surface area (Å²) in [5.41, 5.74) is -0.500. The number of aromatic nitrogens is 2. The molecule has 0 saturated heterocycles. The Hall–Kier alpha value is -2.55. The largest absolute Gasteiger partial charge is 2.00 e. The van der Waals surface area contributed by atoms with Gasteiger partial charge >= 0.3 is 16.8 Å². The maximum absolute atomic E-state index is 12.2. The van der Waals surface area contributed by atoms with Crippen molar-refractivity contribution < 1.29 is 67.3 Å². The van der Waals surface area contributed by atoms with Gasteiger partial charge in [0.1, 0.15) is 11.6 Å². The normalized spacial score (nSPS) is 7.44. The van der Waals surface area contributed by atoms with Gasteiger partial charge in [-0.05, 0) is 12.1 Å². The van der Waals surface area contributed by atoms with Gasteiger partial charge in [-0.3, -0.25) is 9.97 Å². The summed E-state index contributed by atoms with van der Waals surface area (Å²) in [6, 6.07) is 1.70. The molecule has 1 radical (unpaired) electrons. The van der Waals surface area contributed by atoms with Crippen molar-refractivity contribution in [3.05, 3.63) is 59.7 Å². The molecule has 0 aliphatic heterocycles. The first-order valence-corrected chi connectivity index (χ1v) is 5.04. The van der Waals surface area contributed by atoms with Gasteiger partial charge in [-0.1, -0.05) is 0 Å². The average Bonchev–Trinajstić information content (AvgIpc) is 2.39. The fraction of sp³-hybridized carbons (Fsp3) is 0. The van der Waals surface area contributed by atoms with Gasteiger partial charge in [-0.25, -0.2) is 8.78 Å². The van der Waals surface area contributed by atoms with Crippen LogP contribution in [0.15, 0.2) is 36.9 Å². The van der Waals surface area contributed by atoms with Crippen molar-refractivity contribution >= 4 is 11.9 Å². The Morgan fingerprint density at radius 1 is 0.720 bits per heavy atom. The van der Waals surface area contributed by atoms with Gasteiger partial charge < -0.3 is 41.7 Å². The zero-order chi connectivity index (χ0) is 15.1. The molecule has 2 aromatic rings. The van der Waals surface area contributed by atoms with Crippen LogP contribution in [0.1, 0.15) is 20.7 Å². The first-order chi connectivity index (χ1) is 9.40. The fourth-order valence-corrected chi connectivity index (χ4v) is 1.05. The maximum atomic E-state index is 12.2. The van der Waals surface area contributed by atoms with E-state index < -0.39 is 23.6 Å². The van der Waals surface area contributed by atoms with Gasteiger partial charge in [-0.2, -0.15) is 0 Å². The predicted octanol–water partition coefficient (Wildman–Crippen LogP) is -4.52. The third-order valence-electron chi connectivity index (χ3n) is 1.88. The molecule has 10 nitrogen and oxygen atoms in total. The van der Waals surface area contributed by atoms with Crippen LogP contribution in [-0.2, 0) is 38.7 Å². The van der Waals surface area contributed by atoms with E-state index in [1.165, 1.54) is 0 Å². The van der Waals surface area contributed by atoms with Gasteiger partial charge in [-0.15, -0.1) is 0 Å². The number of carboxylic acid groups (broad SMARTS) is 2. The van der Waals surface area contributed by atoms with Crippen molar-refractivity contribution in [1.82, 2.24) is 9.97 Å². The van der Waals surface area contributed by atoms with Gasteiger partial charge in [0, 0.05) is 23.5 Å². The number of carbonyl (C=O) groups excluding carboxylic acids is 2. The number of nitrogens with zero attached hydrogens (tertiary/aromatic N) is 2. The molecule has 0 aliphatic rings. The van der Waals surface area contributed by atoms with E-state index in [1.807, 2.05) is 0 Å². The summed E-state index contributed by atoms with van der Waals surface area (Å²) in [7, 11) is 0. The molecule has 0 amide bonds. The molecule has 0 bridgehead atoms. The monoisotopic (exact) mass is 415 g/mol. The Balaban J connectivity index is -0.0000000889. The van der Waals surface area contributed by atoms with Crippen LogP contribution >= 0.6 is 0 Å². The zero-order valence-corrected chi connectivity index (χ0v) is 13.4. The van der Waals surface area contributed by atoms with Crippen molar-refractivity contribution in [1.29, 1.82) is 0 Å². The molecule has 0 saturated carbocycles. The van der Waals surface area contributed by atoms with Crippen LogP contribution in [0.3, 0.4) is 0 Å². The molecular weight excluding hydrogens is 397 g/mol. The smallest absolute Gasteiger partial charge is 0.545 e. The summed E-state index contributed by atoms with van der Waals surface area (Å²) >= 11 is 0. The summed E-state index contributed by atoms with van der Waals surface area (Å²) in [6.45, 7) is 0. The van der Waals surface area contributed by atoms with E-state index in [4.69, 9.17) is 0 Å². The zero-order valence-electron chi connectivity index (χ0n) is 12.4. The molecule has 0 aliphatic carbocycles. The van der Waals surface area contributed by atoms with E-state index >= 15 is 0 Å². The van der Waals surface area contributed by atoms with Gasteiger partial charge in [0.15, 0.2) is 0 Å². The third-order valence-corrected chi connectivity index (χ3v) is 1.88. The Kier molecular flexibility index (Phi) is 22.1. The number of aromatic carboxylic acids is 2. The van der Waals surface area contributed by atoms with E-state index in [9.17, 15) is 28.6 Å². The van der Waals surface area contributed by atoms with Gasteiger partial charge in [0.25, 0.3) is 0 Å². The van der Waals surface area contributed by atoms with Crippen LogP contribution in [0.4, 0.5) is 8.78 Å². The molecule has 2 rings (SSSR count). The number of carbonyl (C=O) groups is 2. The number of carboxylic acids is 2. The minimum absolute atomic E-state index is 0. The van der Waals surface area contributed by atoms with Crippen LogP contribution in [0, 0.1) is 11.6 Å². The van der Waals surface area contributed by atoms with Crippen molar-refractivity contribution in [3.63, 3.8) is 0 Å². The molecular formula is C12H18CoF2N2O8+4. The second-order valence-corrected chi connectivity index (χ2v) is 3.36. The van der Waals surface area contributed by atoms with E-state index in [0.29, 0.717) is 0 Å². The number of hydrogen-bond donors (Lipinski definition) is 0. The number of pyridine rings is 2. The topological polar surface area (TPSA) is 238 Å². The first kappa shape index (κ1) is 33.9. The molecule has 0 aromatic carbocycles. The average molecular weight is 415 g/mol. The molecule has 0 spiro atoms. The minimum atomic E-state index is -1.42. The fourth-order valence-electron chi connectivity index (χ4n) is 1.05. The third kappa shape index (κ3) is 12.5. The molecule has 2 aromatic heterocycles. The quantitative estimate of drug-likeness (QED) is 0.437. The van der Waals surface area contributed by atoms with Crippen LogP contribution in [0.2, 0.25) is 0 Å². The summed E-state index contributed by atoms with van der Waals surface area (Å²) in [6.07, 6.45) is 3.90. The Morgan fingerprint density at radius 3 is 1.16 bits per heavy atom. The molecule has 25 heavy (non-hydrogen) atoms. The van der Waals surface area contributed by atoms with E-state index in [2.05, 4.69) is 9.97 Å². The Labute approximate surface area is 149 Å². The van der Waals surface area contributed by atoms with Crippen molar-refractivity contribution in [3.8, 4) is 0 Å². The number of rotatable bonds is 2. The van der Waals surface area contributed by atoms with Crippen molar-refractivity contribution in [2.45, 2.75) is 0 Å². The molecule has 0 unspecified atom stereocenters. The SMILES string of the molecule is O=C([O-])c1cncc(F)c1.O=C([O-])c1cncc(F)c1.[Co+2].[OH3+].[OH3+].[OH3+].[OH3+]. The van der Waals surface area contributed by atoms with Gasteiger partial charge in [0.2, 0.25) is 0 Å². The molecule has 143 valence electrons. The molecule has 2 heterocycles. The van der Waals surface area contributed by atoms with E-state index in [1.54, 1.807) is 0 Å². The second kappa shape index (κ2) is 16.3. The standard InChI is InChI=1S/2C6H4FNO2.Co.4H2O/c2*7-5-1-4(6(9)10)2-8-3-5;;;;;/h2*1-3H,(H,9,10);;4*1H2/q;;+2;;;;/p+2. The Bertz CT molecular complexity index is 593. The molecule has 0 fully saturated rings. The minimum Gasteiger partial charge on any atom is -0.545 e. The van der Waals surface area contributed by atoms with Crippen LogP contribution in [0.25, 0.3) is 0 Å². The second-order valence-electron chi connectivity index (χ2n) is 3.36. The van der Waals surface area contributed by atoms with Crippen LogP contribution in [0.5, 0.6) is 0 Å². The first-order valence-electron chi connectivity index (χ1n) is 5.04. The van der Waals surface area contributed by atoms with Crippen molar-refractivity contribution in [2.75, 3.05) is 0 Å². The van der Waals surface area contributed by atoms with Crippen LogP contribution < -0.4 is 10.2 Å². The summed E-state index contributed by atoms with van der Waals surface area (Å²) in [4.78, 5) is 26.7. The van der Waals surface area contributed by atoms with Crippen LogP contribution in [-0.4, -0.2) is 21.9 Å². The van der Waals surface area contributed by atoms with E-state index in [-0.39, 0.29) is 49.8 Å². The molecule has 13 heteroatoms. The summed E-state index contributed by atoms with van der Waals surface area (Å²) in [5, 5.41) is 20.1. The number of halogens is 2. The Morgan fingerprint density at radius 2 is 1.00 bits per heavy atom. The summed E-state index contributed by atoms with van der Waals surface area (Å²) in [5.74, 6) is -4.21. The summed E-state index contributed by atoms with van der Waals surface area (Å²) < 4.78 is 24.3. The number of hydrogen-bond acceptors (Lipinski definition) is 6. The van der Waals surface area contributed by atoms with Crippen molar-refractivity contribution in [2.24, 2.45) is 0 Å². The van der Waals surface area contributed by atoms with Gasteiger partial charge in [0.05, 0.1) is 24.3 Å². The molecule has 12 N–H and O–H groups in total. The maximum Gasteiger partial charge on any atom is 2.00 e.